The van der Waals surface area contributed by atoms with Crippen LogP contribution in [0.15, 0.2) is 36.5 Å². The molecule has 1 aromatic carbocycles. The molecule has 0 radical (unpaired) electrons. The van der Waals surface area contributed by atoms with E-state index in [0.717, 1.165) is 5.56 Å². The summed E-state index contributed by atoms with van der Waals surface area (Å²) < 4.78 is 30.3. The molecule has 172 valence electrons. The van der Waals surface area contributed by atoms with Crippen molar-refractivity contribution in [2.24, 2.45) is 5.92 Å². The number of hydrogen-bond acceptors (Lipinski definition) is 4. The van der Waals surface area contributed by atoms with Crippen LogP contribution >= 0.6 is 0 Å². The first-order valence-electron chi connectivity index (χ1n) is 10.5. The fraction of sp³-hybridized carbons (Fsp3) is 0.435. The third-order valence-electron chi connectivity index (χ3n) is 5.54. The lowest BCUT2D eigenvalue weighted by atomic mass is 9.77. The van der Waals surface area contributed by atoms with Crippen molar-refractivity contribution >= 4 is 23.4 Å². The zero-order valence-corrected chi connectivity index (χ0v) is 18.2. The lowest BCUT2D eigenvalue weighted by Crippen LogP contribution is -2.50. The molecule has 2 aromatic rings. The number of urea groups is 1. The lowest BCUT2D eigenvalue weighted by Gasteiger charge is -2.43. The third-order valence-corrected chi connectivity index (χ3v) is 5.54. The molecule has 1 saturated carbocycles. The number of nitrogens with zero attached hydrogens (tertiary/aromatic N) is 2. The van der Waals surface area contributed by atoms with E-state index in [-0.39, 0.29) is 35.7 Å². The molecule has 0 unspecified atom stereocenters. The number of hydrogen-bond donors (Lipinski definition) is 2. The number of alkyl halides is 2. The van der Waals surface area contributed by atoms with Crippen LogP contribution in [-0.4, -0.2) is 34.7 Å². The summed E-state index contributed by atoms with van der Waals surface area (Å²) in [6, 6.07) is 8.10. The molecule has 0 atom stereocenters. The number of carboxylic acids is 1. The van der Waals surface area contributed by atoms with Crippen LogP contribution in [0.3, 0.4) is 0 Å². The maximum absolute atomic E-state index is 13.4. The summed E-state index contributed by atoms with van der Waals surface area (Å²) in [6.07, 6.45) is 2.41. The summed E-state index contributed by atoms with van der Waals surface area (Å²) in [5.41, 5.74) is 2.16. The summed E-state index contributed by atoms with van der Waals surface area (Å²) in [4.78, 5) is 30.1. The monoisotopic (exact) mass is 447 g/mol. The van der Waals surface area contributed by atoms with Crippen LogP contribution in [0.2, 0.25) is 0 Å². The molecule has 0 aliphatic heterocycles. The summed E-state index contributed by atoms with van der Waals surface area (Å²) in [7, 11) is 0. The van der Waals surface area contributed by atoms with E-state index < -0.39 is 18.6 Å². The molecule has 1 aromatic heterocycles. The van der Waals surface area contributed by atoms with Crippen LogP contribution in [0.1, 0.15) is 50.3 Å². The number of carbonyl (C=O) groups excluding carboxylic acids is 1. The lowest BCUT2D eigenvalue weighted by molar-refractivity contribution is -0.138. The number of amides is 2. The summed E-state index contributed by atoms with van der Waals surface area (Å²) in [5, 5.41) is 11.7. The molecule has 9 heteroatoms. The van der Waals surface area contributed by atoms with Gasteiger partial charge in [0, 0.05) is 29.9 Å². The molecule has 0 saturated heterocycles. The molecule has 32 heavy (non-hydrogen) atoms. The molecule has 0 bridgehead atoms. The standard InChI is InChI=1S/C23H27F2N3O4/c1-13(2)17-6-4-5-7-19(17)28(16-9-15(10-16)11-21(29)30)23(31)27-18-12-26-14(3)8-20(18)32-22(24)25/h4-8,12-13,15-16,22H,9-11H2,1-3H3,(H,27,31)(H,29,30). The van der Waals surface area contributed by atoms with Gasteiger partial charge in [0.2, 0.25) is 0 Å². The number of carboxylic acid groups (broad SMARTS) is 1. The molecule has 1 heterocycles. The highest BCUT2D eigenvalue weighted by atomic mass is 19.3. The molecule has 1 aliphatic rings. The molecule has 3 rings (SSSR count). The fourth-order valence-electron chi connectivity index (χ4n) is 3.99. The van der Waals surface area contributed by atoms with Crippen molar-refractivity contribution in [3.05, 3.63) is 47.8 Å². The normalized spacial score (nSPS) is 17.7. The van der Waals surface area contributed by atoms with Gasteiger partial charge in [0.25, 0.3) is 0 Å². The summed E-state index contributed by atoms with van der Waals surface area (Å²) in [6.45, 7) is 2.61. The number of halogens is 2. The van der Waals surface area contributed by atoms with Crippen molar-refractivity contribution in [3.63, 3.8) is 0 Å². The maximum Gasteiger partial charge on any atom is 0.387 e. The Balaban J connectivity index is 1.91. The number of aromatic nitrogens is 1. The van der Waals surface area contributed by atoms with Crippen LogP contribution in [0.5, 0.6) is 5.75 Å². The van der Waals surface area contributed by atoms with E-state index >= 15 is 0 Å². The Morgan fingerprint density at radius 2 is 1.97 bits per heavy atom. The highest BCUT2D eigenvalue weighted by Crippen LogP contribution is 2.40. The molecule has 1 aliphatic carbocycles. The Kier molecular flexibility index (Phi) is 7.27. The second-order valence-corrected chi connectivity index (χ2v) is 8.30. The van der Waals surface area contributed by atoms with E-state index in [1.165, 1.54) is 12.3 Å². The Morgan fingerprint density at radius 1 is 1.28 bits per heavy atom. The van der Waals surface area contributed by atoms with Gasteiger partial charge in [-0.15, -0.1) is 0 Å². The predicted octanol–water partition coefficient (Wildman–Crippen LogP) is 5.41. The molecule has 2 N–H and O–H groups in total. The number of nitrogens with one attached hydrogen (secondary N) is 1. The molecule has 7 nitrogen and oxygen atoms in total. The van der Waals surface area contributed by atoms with E-state index in [1.807, 2.05) is 38.1 Å². The van der Waals surface area contributed by atoms with E-state index in [9.17, 15) is 18.4 Å². The van der Waals surface area contributed by atoms with Gasteiger partial charge in [-0.05, 0) is 43.2 Å². The maximum atomic E-state index is 13.4. The first kappa shape index (κ1) is 23.4. The van der Waals surface area contributed by atoms with Crippen LogP contribution < -0.4 is 15.0 Å². The van der Waals surface area contributed by atoms with E-state index in [0.29, 0.717) is 24.2 Å². The highest BCUT2D eigenvalue weighted by Gasteiger charge is 2.39. The van der Waals surface area contributed by atoms with Crippen molar-refractivity contribution in [3.8, 4) is 5.75 Å². The van der Waals surface area contributed by atoms with Gasteiger partial charge in [-0.2, -0.15) is 8.78 Å². The van der Waals surface area contributed by atoms with Gasteiger partial charge in [0.15, 0.2) is 5.75 Å². The third kappa shape index (κ3) is 5.52. The number of aryl methyl sites for hydroxylation is 1. The van der Waals surface area contributed by atoms with Gasteiger partial charge < -0.3 is 15.2 Å². The van der Waals surface area contributed by atoms with E-state index in [2.05, 4.69) is 15.0 Å². The number of rotatable bonds is 8. The first-order chi connectivity index (χ1) is 15.2. The molecule has 0 spiro atoms. The number of aliphatic carboxylic acids is 1. The number of ether oxygens (including phenoxy) is 1. The molecule has 1 fully saturated rings. The van der Waals surface area contributed by atoms with Crippen LogP contribution in [0.4, 0.5) is 25.0 Å². The van der Waals surface area contributed by atoms with Gasteiger partial charge in [0.05, 0.1) is 6.20 Å². The second kappa shape index (κ2) is 9.93. The Bertz CT molecular complexity index is 977. The molecule has 2 amide bonds. The summed E-state index contributed by atoms with van der Waals surface area (Å²) >= 11 is 0. The van der Waals surface area contributed by atoms with Crippen molar-refractivity contribution in [2.75, 3.05) is 10.2 Å². The molecular weight excluding hydrogens is 420 g/mol. The van der Waals surface area contributed by atoms with Crippen molar-refractivity contribution < 1.29 is 28.2 Å². The van der Waals surface area contributed by atoms with E-state index in [4.69, 9.17) is 5.11 Å². The average molecular weight is 447 g/mol. The largest absolute Gasteiger partial charge is 0.481 e. The number of carbonyl (C=O) groups is 2. The minimum absolute atomic E-state index is 0.0159. The van der Waals surface area contributed by atoms with Crippen molar-refractivity contribution in [2.45, 2.75) is 58.6 Å². The van der Waals surface area contributed by atoms with Gasteiger partial charge >= 0.3 is 18.6 Å². The van der Waals surface area contributed by atoms with Gasteiger partial charge in [-0.1, -0.05) is 32.0 Å². The van der Waals surface area contributed by atoms with Crippen LogP contribution in [0, 0.1) is 12.8 Å². The Hall–Kier alpha value is -3.23. The van der Waals surface area contributed by atoms with Crippen molar-refractivity contribution in [1.82, 2.24) is 4.98 Å². The highest BCUT2D eigenvalue weighted by molar-refractivity contribution is 6.03. The number of para-hydroxylation sites is 1. The second-order valence-electron chi connectivity index (χ2n) is 8.30. The Labute approximate surface area is 185 Å². The first-order valence-corrected chi connectivity index (χ1v) is 10.5. The quantitative estimate of drug-likeness (QED) is 0.565. The minimum Gasteiger partial charge on any atom is -0.481 e. The Morgan fingerprint density at radius 3 is 2.59 bits per heavy atom. The van der Waals surface area contributed by atoms with Gasteiger partial charge in [0.1, 0.15) is 5.69 Å². The van der Waals surface area contributed by atoms with Crippen LogP contribution in [0.25, 0.3) is 0 Å². The SMILES string of the molecule is Cc1cc(OC(F)F)c(NC(=O)N(c2ccccc2C(C)C)C2CC(CC(=O)O)C2)cn1. The number of benzene rings is 1. The van der Waals surface area contributed by atoms with Gasteiger partial charge in [-0.3, -0.25) is 14.7 Å². The number of pyridine rings is 1. The van der Waals surface area contributed by atoms with Crippen LogP contribution in [-0.2, 0) is 4.79 Å². The minimum atomic E-state index is -3.05. The molecular formula is C23H27F2N3O4. The van der Waals surface area contributed by atoms with Crippen molar-refractivity contribution in [1.29, 1.82) is 0 Å². The number of anilines is 2. The average Bonchev–Trinajstić information content (AvgIpc) is 2.68. The van der Waals surface area contributed by atoms with E-state index in [1.54, 1.807) is 11.8 Å². The smallest absolute Gasteiger partial charge is 0.387 e. The fourth-order valence-corrected chi connectivity index (χ4v) is 3.99. The predicted molar refractivity (Wildman–Crippen MR) is 116 cm³/mol. The van der Waals surface area contributed by atoms with Gasteiger partial charge in [-0.25, -0.2) is 4.79 Å². The summed E-state index contributed by atoms with van der Waals surface area (Å²) in [5.74, 6) is -0.921. The zero-order valence-electron chi connectivity index (χ0n) is 18.2. The topological polar surface area (TPSA) is 91.8 Å². The zero-order chi connectivity index (χ0) is 23.4.